The van der Waals surface area contributed by atoms with Gasteiger partial charge in [-0.05, 0) is 0 Å². The van der Waals surface area contributed by atoms with Crippen molar-refractivity contribution in [1.82, 2.24) is 0 Å². The normalized spacial score (nSPS) is 30.5. The van der Waals surface area contributed by atoms with Crippen molar-refractivity contribution in [2.24, 2.45) is 11.3 Å². The first-order chi connectivity index (χ1) is 14.2. The fraction of sp³-hybridized carbons (Fsp3) is 0.583. The van der Waals surface area contributed by atoms with Crippen LogP contribution >= 0.6 is 0 Å². The summed E-state index contributed by atoms with van der Waals surface area (Å²) in [6.45, 7) is 14.7. The Balaban J connectivity index is 2.11. The summed E-state index contributed by atoms with van der Waals surface area (Å²) in [4.78, 5) is 26.1. The van der Waals surface area contributed by atoms with Gasteiger partial charge in [-0.1, -0.05) is 0 Å². The van der Waals surface area contributed by atoms with Gasteiger partial charge in [-0.2, -0.15) is 0 Å². The Morgan fingerprint density at radius 3 is 2.29 bits per heavy atom. The van der Waals surface area contributed by atoms with E-state index in [0.29, 0.717) is 6.42 Å². The average molecular weight is 510 g/mol. The molecule has 31 heavy (non-hydrogen) atoms. The summed E-state index contributed by atoms with van der Waals surface area (Å²) in [5.74, 6) is -2.18. The number of esters is 2. The molecule has 0 N–H and O–H groups in total. The molecule has 0 radical (unpaired) electrons. The van der Waals surface area contributed by atoms with E-state index in [9.17, 15) is 9.59 Å². The molecule has 5 nitrogen and oxygen atoms in total. The maximum absolute atomic E-state index is 13.2. The van der Waals surface area contributed by atoms with E-state index < -0.39 is 30.8 Å². The first-order valence-corrected chi connectivity index (χ1v) is 15.9. The summed E-state index contributed by atoms with van der Waals surface area (Å²) in [6.07, 6.45) is 0.670. The third-order valence-corrected chi connectivity index (χ3v) is 14.4. The molecule has 1 aromatic rings. The SMILES string of the molecule is COC(=O)[C@@H]1C[C@@]2(C/C1=C(\[Se]c1ccccc1)[Si](C)(C)C)O[C@](C)(C(C)(C)C)OC2=O. The van der Waals surface area contributed by atoms with Gasteiger partial charge in [-0.15, -0.1) is 0 Å². The van der Waals surface area contributed by atoms with Crippen molar-refractivity contribution < 1.29 is 23.8 Å². The van der Waals surface area contributed by atoms with Crippen molar-refractivity contribution in [2.45, 2.75) is 71.6 Å². The zero-order valence-corrected chi connectivity index (χ0v) is 22.5. The van der Waals surface area contributed by atoms with Crippen LogP contribution in [0.25, 0.3) is 0 Å². The molecule has 1 saturated heterocycles. The van der Waals surface area contributed by atoms with Crippen LogP contribution < -0.4 is 4.46 Å². The monoisotopic (exact) mass is 510 g/mol. The van der Waals surface area contributed by atoms with Gasteiger partial charge in [0.1, 0.15) is 0 Å². The van der Waals surface area contributed by atoms with Crippen LogP contribution in [0.1, 0.15) is 40.5 Å². The van der Waals surface area contributed by atoms with E-state index in [1.807, 2.05) is 45.9 Å². The molecule has 0 amide bonds. The quantitative estimate of drug-likeness (QED) is 0.457. The van der Waals surface area contributed by atoms with Crippen molar-refractivity contribution in [3.05, 3.63) is 40.0 Å². The zero-order chi connectivity index (χ0) is 23.2. The summed E-state index contributed by atoms with van der Waals surface area (Å²) in [5.41, 5.74) is -0.493. The van der Waals surface area contributed by atoms with E-state index >= 15 is 0 Å². The molecule has 1 aliphatic heterocycles. The van der Waals surface area contributed by atoms with E-state index in [4.69, 9.17) is 14.2 Å². The zero-order valence-electron chi connectivity index (χ0n) is 19.8. The molecule has 2 aliphatic rings. The van der Waals surface area contributed by atoms with E-state index in [1.165, 1.54) is 15.7 Å². The van der Waals surface area contributed by atoms with Crippen LogP contribution in [0.3, 0.4) is 0 Å². The molecule has 1 saturated carbocycles. The second-order valence-corrected chi connectivity index (χ2v) is 18.7. The minimum atomic E-state index is -1.80. The molecular weight excluding hydrogens is 475 g/mol. The molecule has 3 atom stereocenters. The number of methoxy groups -OCH3 is 1. The number of rotatable bonds is 4. The number of hydrogen-bond donors (Lipinski definition) is 0. The van der Waals surface area contributed by atoms with Gasteiger partial charge in [0.2, 0.25) is 0 Å². The molecule has 0 aromatic heterocycles. The second-order valence-electron chi connectivity index (χ2n) is 10.7. The number of carbonyl (C=O) groups is 2. The number of benzene rings is 1. The maximum atomic E-state index is 13.2. The molecule has 0 unspecified atom stereocenters. The van der Waals surface area contributed by atoms with Crippen molar-refractivity contribution >= 4 is 39.4 Å². The molecule has 3 rings (SSSR count). The van der Waals surface area contributed by atoms with Crippen LogP contribution in [0.15, 0.2) is 40.0 Å². The third-order valence-electron chi connectivity index (χ3n) is 6.26. The summed E-state index contributed by atoms with van der Waals surface area (Å²) >= 11 is 0.0642. The summed E-state index contributed by atoms with van der Waals surface area (Å²) < 4.78 is 20.1. The Bertz CT molecular complexity index is 899. The number of ether oxygens (including phenoxy) is 3. The Morgan fingerprint density at radius 1 is 1.19 bits per heavy atom. The van der Waals surface area contributed by atoms with Crippen LogP contribution in [0.5, 0.6) is 0 Å². The van der Waals surface area contributed by atoms with Gasteiger partial charge in [0, 0.05) is 0 Å². The fourth-order valence-corrected chi connectivity index (χ4v) is 10.0. The molecule has 170 valence electrons. The molecule has 1 spiro atoms. The Morgan fingerprint density at radius 2 is 1.81 bits per heavy atom. The molecule has 1 aliphatic carbocycles. The minimum absolute atomic E-state index is 0.0642. The Labute approximate surface area is 193 Å². The summed E-state index contributed by atoms with van der Waals surface area (Å²) in [7, 11) is -0.394. The van der Waals surface area contributed by atoms with E-state index in [0.717, 1.165) is 5.57 Å². The molecule has 1 aromatic carbocycles. The summed E-state index contributed by atoms with van der Waals surface area (Å²) in [5, 5.41) is 0. The standard InChI is InChI=1S/C24H34O5SeSi/c1-22(2,3)23(4)28-21(26)24(29-23)14-17(19(25)27-5)18(15-24)20(31(6,7)8)30-16-12-10-9-11-13-16/h9-13,17H,14-15H2,1-8H3/b20-18-/t17-,23-,24+/m1/s1. The van der Waals surface area contributed by atoms with Crippen molar-refractivity contribution in [1.29, 1.82) is 0 Å². The van der Waals surface area contributed by atoms with Gasteiger partial charge in [0.25, 0.3) is 0 Å². The van der Waals surface area contributed by atoms with Crippen LogP contribution in [-0.4, -0.2) is 53.5 Å². The fourth-order valence-electron chi connectivity index (χ4n) is 4.11. The predicted octanol–water partition coefficient (Wildman–Crippen LogP) is 3.81. The van der Waals surface area contributed by atoms with Gasteiger partial charge in [-0.25, -0.2) is 0 Å². The molecule has 1 heterocycles. The van der Waals surface area contributed by atoms with Crippen LogP contribution in [0, 0.1) is 11.3 Å². The van der Waals surface area contributed by atoms with Gasteiger partial charge in [0.15, 0.2) is 0 Å². The summed E-state index contributed by atoms with van der Waals surface area (Å²) in [6, 6.07) is 10.4. The van der Waals surface area contributed by atoms with E-state index in [2.05, 4.69) is 31.8 Å². The molecule has 2 fully saturated rings. The van der Waals surface area contributed by atoms with Crippen LogP contribution in [0.4, 0.5) is 0 Å². The van der Waals surface area contributed by atoms with Gasteiger partial charge in [0.05, 0.1) is 0 Å². The average Bonchev–Trinajstić information content (AvgIpc) is 3.16. The first kappa shape index (κ1) is 24.2. The number of carbonyl (C=O) groups excluding carboxylic acids is 2. The van der Waals surface area contributed by atoms with Crippen LogP contribution in [-0.2, 0) is 23.8 Å². The molecular formula is C24H34O5SeSi. The molecule has 0 bridgehead atoms. The first-order valence-electron chi connectivity index (χ1n) is 10.7. The molecule has 7 heteroatoms. The van der Waals surface area contributed by atoms with E-state index in [-0.39, 0.29) is 33.3 Å². The second kappa shape index (κ2) is 8.18. The van der Waals surface area contributed by atoms with Gasteiger partial charge < -0.3 is 0 Å². The van der Waals surface area contributed by atoms with Crippen LogP contribution in [0.2, 0.25) is 19.6 Å². The third kappa shape index (κ3) is 4.56. The Kier molecular flexibility index (Phi) is 6.40. The van der Waals surface area contributed by atoms with Gasteiger partial charge in [-0.3, -0.25) is 0 Å². The Hall–Kier alpha value is -1.40. The van der Waals surface area contributed by atoms with E-state index in [1.54, 1.807) is 0 Å². The van der Waals surface area contributed by atoms with Gasteiger partial charge >= 0.3 is 193 Å². The van der Waals surface area contributed by atoms with Crippen molar-refractivity contribution in [3.8, 4) is 0 Å². The number of hydrogen-bond acceptors (Lipinski definition) is 5. The topological polar surface area (TPSA) is 61.8 Å². The van der Waals surface area contributed by atoms with Crippen molar-refractivity contribution in [3.63, 3.8) is 0 Å². The predicted molar refractivity (Wildman–Crippen MR) is 125 cm³/mol. The number of cyclic esters (lactones) is 1. The van der Waals surface area contributed by atoms with Crippen molar-refractivity contribution in [2.75, 3.05) is 7.11 Å².